The summed E-state index contributed by atoms with van der Waals surface area (Å²) >= 11 is 0. The molecule has 29 heavy (non-hydrogen) atoms. The highest BCUT2D eigenvalue weighted by molar-refractivity contribution is 6.04. The van der Waals surface area contributed by atoms with Crippen LogP contribution in [0.15, 0.2) is 59.3 Å². The van der Waals surface area contributed by atoms with E-state index in [1.54, 1.807) is 4.68 Å². The van der Waals surface area contributed by atoms with Gasteiger partial charge in [0.05, 0.1) is 5.69 Å². The number of rotatable bonds is 5. The second kappa shape index (κ2) is 6.97. The fourth-order valence-electron chi connectivity index (χ4n) is 3.22. The highest BCUT2D eigenvalue weighted by Gasteiger charge is 2.34. The Bertz CT molecular complexity index is 1160. The van der Waals surface area contributed by atoms with Crippen LogP contribution in [-0.4, -0.2) is 31.1 Å². The number of oxazole rings is 1. The molecule has 1 amide bonds. The molecule has 1 saturated carbocycles. The average molecular weight is 386 g/mol. The van der Waals surface area contributed by atoms with E-state index < -0.39 is 0 Å². The van der Waals surface area contributed by atoms with E-state index in [0.29, 0.717) is 23.0 Å². The van der Waals surface area contributed by atoms with Crippen LogP contribution in [-0.2, 0) is 0 Å². The van der Waals surface area contributed by atoms with E-state index in [-0.39, 0.29) is 11.8 Å². The Morgan fingerprint density at radius 3 is 2.72 bits per heavy atom. The van der Waals surface area contributed by atoms with Crippen molar-refractivity contribution in [3.63, 3.8) is 0 Å². The van der Waals surface area contributed by atoms with Crippen molar-refractivity contribution in [1.29, 1.82) is 0 Å². The molecule has 0 atom stereocenters. The van der Waals surface area contributed by atoms with Gasteiger partial charge in [0.15, 0.2) is 5.69 Å². The molecule has 4 aromatic rings. The van der Waals surface area contributed by atoms with E-state index in [1.165, 1.54) is 6.33 Å². The first-order valence-corrected chi connectivity index (χ1v) is 9.40. The van der Waals surface area contributed by atoms with Gasteiger partial charge in [-0.2, -0.15) is 0 Å². The number of nitrogens with one attached hydrogen (secondary N) is 1. The Morgan fingerprint density at radius 1 is 1.17 bits per heavy atom. The molecule has 0 spiro atoms. The maximum absolute atomic E-state index is 13.0. The van der Waals surface area contributed by atoms with Crippen molar-refractivity contribution < 1.29 is 9.21 Å². The molecule has 1 aliphatic carbocycles. The Kier molecular flexibility index (Phi) is 4.16. The van der Waals surface area contributed by atoms with Gasteiger partial charge in [-0.3, -0.25) is 4.79 Å². The molecule has 2 aromatic carbocycles. The second-order valence-corrected chi connectivity index (χ2v) is 7.08. The molecule has 8 nitrogen and oxygen atoms in total. The van der Waals surface area contributed by atoms with Crippen LogP contribution in [0.1, 0.15) is 40.6 Å². The standard InChI is InChI=1S/C21H18N6O2/c1-13-7-10-16(11-17(13)27-12-22-25-26-27)23-20(28)18-19(14-8-9-14)29-21(24-18)15-5-3-2-4-6-15/h2-7,10-12,14H,8-9H2,1H3,(H,23,28). The summed E-state index contributed by atoms with van der Waals surface area (Å²) in [6, 6.07) is 15.2. The smallest absolute Gasteiger partial charge is 0.277 e. The van der Waals surface area contributed by atoms with E-state index in [0.717, 1.165) is 29.7 Å². The molecular formula is C21H18N6O2. The molecule has 0 saturated heterocycles. The van der Waals surface area contributed by atoms with E-state index >= 15 is 0 Å². The molecule has 0 radical (unpaired) electrons. The van der Waals surface area contributed by atoms with Crippen molar-refractivity contribution in [2.75, 3.05) is 5.32 Å². The van der Waals surface area contributed by atoms with Crippen molar-refractivity contribution >= 4 is 11.6 Å². The van der Waals surface area contributed by atoms with Gasteiger partial charge in [0.25, 0.3) is 5.91 Å². The highest BCUT2D eigenvalue weighted by Crippen LogP contribution is 2.43. The summed E-state index contributed by atoms with van der Waals surface area (Å²) in [7, 11) is 0. The van der Waals surface area contributed by atoms with Crippen LogP contribution in [0.2, 0.25) is 0 Å². The van der Waals surface area contributed by atoms with Crippen molar-refractivity contribution in [1.82, 2.24) is 25.2 Å². The van der Waals surface area contributed by atoms with Crippen LogP contribution in [0.4, 0.5) is 5.69 Å². The SMILES string of the molecule is Cc1ccc(NC(=O)c2nc(-c3ccccc3)oc2C2CC2)cc1-n1cnnn1. The van der Waals surface area contributed by atoms with Gasteiger partial charge in [0.2, 0.25) is 5.89 Å². The van der Waals surface area contributed by atoms with Crippen molar-refractivity contribution in [2.45, 2.75) is 25.7 Å². The van der Waals surface area contributed by atoms with Gasteiger partial charge in [-0.25, -0.2) is 9.67 Å². The summed E-state index contributed by atoms with van der Waals surface area (Å²) in [6.07, 6.45) is 3.54. The summed E-state index contributed by atoms with van der Waals surface area (Å²) < 4.78 is 7.54. The van der Waals surface area contributed by atoms with Crippen LogP contribution < -0.4 is 5.32 Å². The number of benzene rings is 2. The zero-order chi connectivity index (χ0) is 19.8. The molecular weight excluding hydrogens is 368 g/mol. The lowest BCUT2D eigenvalue weighted by Crippen LogP contribution is -2.14. The number of amides is 1. The van der Waals surface area contributed by atoms with E-state index in [9.17, 15) is 4.79 Å². The predicted molar refractivity (Wildman–Crippen MR) is 106 cm³/mol. The van der Waals surface area contributed by atoms with Crippen LogP contribution in [0.25, 0.3) is 17.1 Å². The molecule has 0 unspecified atom stereocenters. The third kappa shape index (κ3) is 3.40. The Morgan fingerprint density at radius 2 is 2.00 bits per heavy atom. The van der Waals surface area contributed by atoms with Crippen LogP contribution >= 0.6 is 0 Å². The first-order chi connectivity index (χ1) is 14.2. The molecule has 1 fully saturated rings. The Labute approximate surface area is 166 Å². The van der Waals surface area contributed by atoms with Gasteiger partial charge in [0, 0.05) is 17.2 Å². The number of tetrazole rings is 1. The highest BCUT2D eigenvalue weighted by atomic mass is 16.4. The maximum atomic E-state index is 13.0. The topological polar surface area (TPSA) is 98.7 Å². The van der Waals surface area contributed by atoms with Crippen molar-refractivity contribution in [3.8, 4) is 17.1 Å². The molecule has 0 aliphatic heterocycles. The molecule has 144 valence electrons. The van der Waals surface area contributed by atoms with E-state index in [1.807, 2.05) is 55.5 Å². The number of hydrogen-bond acceptors (Lipinski definition) is 6. The monoisotopic (exact) mass is 386 g/mol. The number of carbonyl (C=O) groups is 1. The summed E-state index contributed by atoms with van der Waals surface area (Å²) in [5.41, 5.74) is 3.61. The lowest BCUT2D eigenvalue weighted by Gasteiger charge is -2.09. The number of anilines is 1. The zero-order valence-electron chi connectivity index (χ0n) is 15.7. The summed E-state index contributed by atoms with van der Waals surface area (Å²) in [5.74, 6) is 1.10. The number of carbonyl (C=O) groups excluding carboxylic acids is 1. The second-order valence-electron chi connectivity index (χ2n) is 7.08. The third-order valence-corrected chi connectivity index (χ3v) is 4.90. The number of nitrogens with zero attached hydrogens (tertiary/aromatic N) is 5. The third-order valence-electron chi connectivity index (χ3n) is 4.90. The van der Waals surface area contributed by atoms with Gasteiger partial charge in [-0.1, -0.05) is 24.3 Å². The first-order valence-electron chi connectivity index (χ1n) is 9.40. The van der Waals surface area contributed by atoms with Crippen molar-refractivity contribution in [3.05, 3.63) is 71.9 Å². The van der Waals surface area contributed by atoms with Gasteiger partial charge in [-0.15, -0.1) is 5.10 Å². The normalized spacial score (nSPS) is 13.4. The molecule has 1 aliphatic rings. The molecule has 0 bridgehead atoms. The maximum Gasteiger partial charge on any atom is 0.277 e. The number of aromatic nitrogens is 5. The predicted octanol–water partition coefficient (Wildman–Crippen LogP) is 3.76. The molecule has 8 heteroatoms. The van der Waals surface area contributed by atoms with Crippen LogP contribution in [0.5, 0.6) is 0 Å². The minimum absolute atomic E-state index is 0.260. The summed E-state index contributed by atoms with van der Waals surface area (Å²) in [4.78, 5) is 17.5. The lowest BCUT2D eigenvalue weighted by molar-refractivity contribution is 0.102. The average Bonchev–Trinajstić information content (AvgIpc) is 3.26. The van der Waals surface area contributed by atoms with Gasteiger partial charge >= 0.3 is 0 Å². The van der Waals surface area contributed by atoms with Gasteiger partial charge in [0.1, 0.15) is 12.1 Å². The van der Waals surface area contributed by atoms with Crippen molar-refractivity contribution in [2.24, 2.45) is 0 Å². The quantitative estimate of drug-likeness (QED) is 0.561. The van der Waals surface area contributed by atoms with Crippen LogP contribution in [0, 0.1) is 6.92 Å². The first kappa shape index (κ1) is 17.3. The fourth-order valence-corrected chi connectivity index (χ4v) is 3.22. The lowest BCUT2D eigenvalue weighted by atomic mass is 10.1. The zero-order valence-corrected chi connectivity index (χ0v) is 15.7. The Hall–Kier alpha value is -3.81. The molecule has 2 aromatic heterocycles. The van der Waals surface area contributed by atoms with Crippen LogP contribution in [0.3, 0.4) is 0 Å². The van der Waals surface area contributed by atoms with E-state index in [2.05, 4.69) is 25.8 Å². The number of hydrogen-bond donors (Lipinski definition) is 1. The van der Waals surface area contributed by atoms with Gasteiger partial charge in [-0.05, 0) is 60.0 Å². The Balaban J connectivity index is 1.46. The minimum Gasteiger partial charge on any atom is -0.440 e. The molecule has 5 rings (SSSR count). The largest absolute Gasteiger partial charge is 0.440 e. The number of aryl methyl sites for hydroxylation is 1. The summed E-state index contributed by atoms with van der Waals surface area (Å²) in [5, 5.41) is 14.2. The fraction of sp³-hybridized carbons (Fsp3) is 0.190. The van der Waals surface area contributed by atoms with Gasteiger partial charge < -0.3 is 9.73 Å². The minimum atomic E-state index is -0.288. The molecule has 2 heterocycles. The molecule has 1 N–H and O–H groups in total. The van der Waals surface area contributed by atoms with E-state index in [4.69, 9.17) is 4.42 Å². The summed E-state index contributed by atoms with van der Waals surface area (Å²) in [6.45, 7) is 1.96.